The van der Waals surface area contributed by atoms with E-state index >= 15 is 0 Å². The van der Waals surface area contributed by atoms with Crippen LogP contribution in [0.2, 0.25) is 0 Å². The van der Waals surface area contributed by atoms with Crippen molar-refractivity contribution < 1.29 is 32.6 Å². The number of carbonyl (C=O) groups is 2. The first kappa shape index (κ1) is 20.3. The van der Waals surface area contributed by atoms with E-state index in [2.05, 4.69) is 10.9 Å². The van der Waals surface area contributed by atoms with Gasteiger partial charge in [0.05, 0.1) is 21.3 Å². The molecule has 3 aromatic rings. The third-order valence-corrected chi connectivity index (χ3v) is 5.14. The van der Waals surface area contributed by atoms with Crippen LogP contribution in [-0.4, -0.2) is 33.1 Å². The third kappa shape index (κ3) is 3.92. The summed E-state index contributed by atoms with van der Waals surface area (Å²) in [6, 6.07) is 6.28. The molecule has 0 spiro atoms. The van der Waals surface area contributed by atoms with Crippen molar-refractivity contribution in [3.8, 4) is 17.2 Å². The summed E-state index contributed by atoms with van der Waals surface area (Å²) in [5, 5.41) is 0.123. The molecule has 29 heavy (non-hydrogen) atoms. The molecule has 0 aliphatic heterocycles. The second kappa shape index (κ2) is 8.31. The van der Waals surface area contributed by atoms with Crippen molar-refractivity contribution in [3.05, 3.63) is 52.4 Å². The number of hydrazine groups is 1. The zero-order valence-corrected chi connectivity index (χ0v) is 16.4. The number of carbonyl (C=O) groups excluding carboxylic acids is 2. The number of benzene rings is 2. The number of amides is 2. The quantitative estimate of drug-likeness (QED) is 0.617. The van der Waals surface area contributed by atoms with Crippen LogP contribution in [0.15, 0.2) is 30.3 Å². The number of nitrogens with one attached hydrogen (secondary N) is 2. The van der Waals surface area contributed by atoms with E-state index in [0.29, 0.717) is 5.75 Å². The van der Waals surface area contributed by atoms with Crippen molar-refractivity contribution in [2.75, 3.05) is 21.3 Å². The van der Waals surface area contributed by atoms with Crippen molar-refractivity contribution in [2.45, 2.75) is 0 Å². The highest BCUT2D eigenvalue weighted by atomic mass is 32.1. The standard InChI is InChI=1S/C19H16F2N2O5S/c1-26-12-6-9(7-13(27-2)16(12)28-3)18(24)22-23-19(25)17-15(21)11-5-4-10(20)8-14(11)29-17/h4-8H,1-3H3,(H,22,24)(H,23,25). The molecule has 0 fully saturated rings. The Morgan fingerprint density at radius 3 is 2.10 bits per heavy atom. The topological polar surface area (TPSA) is 85.9 Å². The van der Waals surface area contributed by atoms with Crippen LogP contribution in [0.5, 0.6) is 17.2 Å². The van der Waals surface area contributed by atoms with Crippen molar-refractivity contribution >= 4 is 33.2 Å². The lowest BCUT2D eigenvalue weighted by atomic mass is 10.1. The molecule has 0 aliphatic carbocycles. The van der Waals surface area contributed by atoms with E-state index < -0.39 is 23.4 Å². The summed E-state index contributed by atoms with van der Waals surface area (Å²) in [6.45, 7) is 0. The molecule has 7 nitrogen and oxygen atoms in total. The lowest BCUT2D eigenvalue weighted by Gasteiger charge is -2.14. The molecule has 0 aliphatic rings. The first-order valence-electron chi connectivity index (χ1n) is 8.17. The Labute approximate surface area is 168 Å². The van der Waals surface area contributed by atoms with Crippen LogP contribution in [0.25, 0.3) is 10.1 Å². The molecule has 1 aromatic heterocycles. The monoisotopic (exact) mass is 422 g/mol. The van der Waals surface area contributed by atoms with Crippen LogP contribution in [0.1, 0.15) is 20.0 Å². The van der Waals surface area contributed by atoms with Crippen LogP contribution in [0, 0.1) is 11.6 Å². The molecule has 10 heteroatoms. The van der Waals surface area contributed by atoms with Gasteiger partial charge in [0.1, 0.15) is 10.7 Å². The van der Waals surface area contributed by atoms with Crippen molar-refractivity contribution in [1.29, 1.82) is 0 Å². The van der Waals surface area contributed by atoms with E-state index in [1.807, 2.05) is 0 Å². The van der Waals surface area contributed by atoms with Gasteiger partial charge in [-0.15, -0.1) is 11.3 Å². The highest BCUT2D eigenvalue weighted by Gasteiger charge is 2.21. The van der Waals surface area contributed by atoms with Gasteiger partial charge in [0.2, 0.25) is 5.75 Å². The Kier molecular flexibility index (Phi) is 5.83. The smallest absolute Gasteiger partial charge is 0.282 e. The summed E-state index contributed by atoms with van der Waals surface area (Å²) in [6.07, 6.45) is 0. The molecule has 0 saturated carbocycles. The summed E-state index contributed by atoms with van der Waals surface area (Å²) < 4.78 is 43.5. The summed E-state index contributed by atoms with van der Waals surface area (Å²) in [7, 11) is 4.22. The van der Waals surface area contributed by atoms with Crippen LogP contribution in [-0.2, 0) is 0 Å². The normalized spacial score (nSPS) is 10.5. The fourth-order valence-corrected chi connectivity index (χ4v) is 3.64. The number of hydrogen-bond donors (Lipinski definition) is 2. The van der Waals surface area contributed by atoms with Crippen molar-refractivity contribution in [3.63, 3.8) is 0 Å². The number of rotatable bonds is 5. The number of hydrogen-bond acceptors (Lipinski definition) is 6. The third-order valence-electron chi connectivity index (χ3n) is 4.01. The van der Waals surface area contributed by atoms with Gasteiger partial charge in [-0.25, -0.2) is 8.78 Å². The van der Waals surface area contributed by atoms with Crippen LogP contribution < -0.4 is 25.1 Å². The van der Waals surface area contributed by atoms with Gasteiger partial charge in [0, 0.05) is 15.6 Å². The second-order valence-electron chi connectivity index (χ2n) is 5.71. The van der Waals surface area contributed by atoms with E-state index in [1.54, 1.807) is 0 Å². The number of halogens is 2. The zero-order chi connectivity index (χ0) is 21.1. The summed E-state index contributed by atoms with van der Waals surface area (Å²) in [5.74, 6) is -2.09. The Hall–Kier alpha value is -3.40. The number of methoxy groups -OCH3 is 3. The first-order valence-corrected chi connectivity index (χ1v) is 8.99. The van der Waals surface area contributed by atoms with E-state index in [0.717, 1.165) is 23.5 Å². The molecule has 3 rings (SSSR count). The number of ether oxygens (including phenoxy) is 3. The highest BCUT2D eigenvalue weighted by Crippen LogP contribution is 2.38. The van der Waals surface area contributed by atoms with Crippen molar-refractivity contribution in [1.82, 2.24) is 10.9 Å². The minimum atomic E-state index is -0.870. The molecule has 0 bridgehead atoms. The fraction of sp³-hybridized carbons (Fsp3) is 0.158. The molecule has 0 radical (unpaired) electrons. The molecule has 1 heterocycles. The average Bonchev–Trinajstić information content (AvgIpc) is 3.06. The minimum Gasteiger partial charge on any atom is -0.493 e. The predicted molar refractivity (Wildman–Crippen MR) is 103 cm³/mol. The summed E-state index contributed by atoms with van der Waals surface area (Å²) in [4.78, 5) is 24.4. The van der Waals surface area contributed by atoms with Gasteiger partial charge in [0.15, 0.2) is 17.3 Å². The van der Waals surface area contributed by atoms with E-state index in [-0.39, 0.29) is 32.0 Å². The summed E-state index contributed by atoms with van der Waals surface area (Å²) >= 11 is 0.776. The maximum Gasteiger partial charge on any atom is 0.282 e. The van der Waals surface area contributed by atoms with Gasteiger partial charge in [-0.05, 0) is 30.3 Å². The molecule has 152 valence electrons. The fourth-order valence-electron chi connectivity index (χ4n) is 2.64. The Balaban J connectivity index is 1.79. The average molecular weight is 422 g/mol. The molecule has 2 N–H and O–H groups in total. The first-order chi connectivity index (χ1) is 13.9. The van der Waals surface area contributed by atoms with Crippen LogP contribution in [0.3, 0.4) is 0 Å². The Bertz CT molecular complexity index is 1070. The second-order valence-corrected chi connectivity index (χ2v) is 6.76. The number of thiophene rings is 1. The molecule has 2 aromatic carbocycles. The van der Waals surface area contributed by atoms with E-state index in [1.165, 1.54) is 39.5 Å². The summed E-state index contributed by atoms with van der Waals surface area (Å²) in [5.41, 5.74) is 4.45. The Morgan fingerprint density at radius 2 is 1.52 bits per heavy atom. The van der Waals surface area contributed by atoms with Gasteiger partial charge < -0.3 is 14.2 Å². The maximum atomic E-state index is 14.4. The molecule has 2 amide bonds. The molecular weight excluding hydrogens is 406 g/mol. The maximum absolute atomic E-state index is 14.4. The van der Waals surface area contributed by atoms with Gasteiger partial charge >= 0.3 is 0 Å². The van der Waals surface area contributed by atoms with Crippen LogP contribution >= 0.6 is 11.3 Å². The molecular formula is C19H16F2N2O5S. The Morgan fingerprint density at radius 1 is 0.897 bits per heavy atom. The lowest BCUT2D eigenvalue weighted by molar-refractivity contribution is 0.0846. The predicted octanol–water partition coefficient (Wildman–Crippen LogP) is 3.28. The van der Waals surface area contributed by atoms with Crippen molar-refractivity contribution in [2.24, 2.45) is 0 Å². The van der Waals surface area contributed by atoms with E-state index in [9.17, 15) is 18.4 Å². The van der Waals surface area contributed by atoms with Gasteiger partial charge in [0.25, 0.3) is 11.8 Å². The zero-order valence-electron chi connectivity index (χ0n) is 15.6. The van der Waals surface area contributed by atoms with Gasteiger partial charge in [-0.3, -0.25) is 20.4 Å². The minimum absolute atomic E-state index is 0.110. The van der Waals surface area contributed by atoms with Gasteiger partial charge in [-0.1, -0.05) is 0 Å². The van der Waals surface area contributed by atoms with E-state index in [4.69, 9.17) is 14.2 Å². The molecule has 0 unspecified atom stereocenters. The van der Waals surface area contributed by atoms with Crippen LogP contribution in [0.4, 0.5) is 8.78 Å². The SMILES string of the molecule is COc1cc(C(=O)NNC(=O)c2sc3cc(F)ccc3c2F)cc(OC)c1OC. The lowest BCUT2D eigenvalue weighted by Crippen LogP contribution is -2.41. The largest absolute Gasteiger partial charge is 0.493 e. The van der Waals surface area contributed by atoms with Gasteiger partial charge in [-0.2, -0.15) is 0 Å². The number of fused-ring (bicyclic) bond motifs is 1. The highest BCUT2D eigenvalue weighted by molar-refractivity contribution is 7.20. The molecule has 0 saturated heterocycles. The molecule has 0 atom stereocenters.